The van der Waals surface area contributed by atoms with E-state index < -0.39 is 10.8 Å². The zero-order valence-electron chi connectivity index (χ0n) is 10.8. The number of hydrogen-bond acceptors (Lipinski definition) is 3. The molecule has 0 aliphatic carbocycles. The van der Waals surface area contributed by atoms with E-state index in [1.807, 2.05) is 0 Å². The molecular weight excluding hydrogens is 296 g/mol. The Balaban J connectivity index is 2.08. The molecule has 1 unspecified atom stereocenters. The topological polar surface area (TPSA) is 43.4 Å². The predicted octanol–water partition coefficient (Wildman–Crippen LogP) is 3.34. The Labute approximate surface area is 125 Å². The first kappa shape index (κ1) is 14.8. The molecule has 0 aromatic heterocycles. The summed E-state index contributed by atoms with van der Waals surface area (Å²) in [5.41, 5.74) is 0.472. The molecule has 0 saturated heterocycles. The van der Waals surface area contributed by atoms with Crippen LogP contribution in [0.3, 0.4) is 0 Å². The number of halogens is 1. The van der Waals surface area contributed by atoms with Crippen LogP contribution in [0.5, 0.6) is 5.75 Å². The van der Waals surface area contributed by atoms with Crippen molar-refractivity contribution in [1.29, 1.82) is 0 Å². The summed E-state index contributed by atoms with van der Waals surface area (Å²) in [5, 5.41) is 0.492. The Hall–Kier alpha value is -1.65. The van der Waals surface area contributed by atoms with Crippen molar-refractivity contribution in [3.63, 3.8) is 0 Å². The monoisotopic (exact) mass is 308 g/mol. The summed E-state index contributed by atoms with van der Waals surface area (Å²) >= 11 is 5.83. The van der Waals surface area contributed by atoms with E-state index >= 15 is 0 Å². The molecule has 0 aliphatic rings. The van der Waals surface area contributed by atoms with Crippen LogP contribution < -0.4 is 4.74 Å². The highest BCUT2D eigenvalue weighted by Crippen LogP contribution is 2.16. The number of hydrogen-bond donors (Lipinski definition) is 0. The van der Waals surface area contributed by atoms with E-state index in [-0.39, 0.29) is 11.5 Å². The van der Waals surface area contributed by atoms with Gasteiger partial charge in [-0.2, -0.15) is 0 Å². The molecule has 3 nitrogen and oxygen atoms in total. The summed E-state index contributed by atoms with van der Waals surface area (Å²) in [6.07, 6.45) is 0. The molecule has 104 valence electrons. The Morgan fingerprint density at radius 2 is 1.90 bits per heavy atom. The fourth-order valence-electron chi connectivity index (χ4n) is 1.68. The minimum absolute atomic E-state index is 0.0628. The second kappa shape index (κ2) is 6.68. The molecule has 0 radical (unpaired) electrons. The number of ether oxygens (including phenoxy) is 1. The third-order valence-corrected chi connectivity index (χ3v) is 4.29. The summed E-state index contributed by atoms with van der Waals surface area (Å²) < 4.78 is 17.2. The van der Waals surface area contributed by atoms with Gasteiger partial charge in [0.1, 0.15) is 5.75 Å². The van der Waals surface area contributed by atoms with E-state index in [0.717, 1.165) is 0 Å². The van der Waals surface area contributed by atoms with Gasteiger partial charge in [0.2, 0.25) is 0 Å². The third kappa shape index (κ3) is 3.68. The Kier molecular flexibility index (Phi) is 4.93. The average Bonchev–Trinajstić information content (AvgIpc) is 2.47. The molecule has 0 saturated carbocycles. The van der Waals surface area contributed by atoms with Crippen LogP contribution in [0.25, 0.3) is 0 Å². The van der Waals surface area contributed by atoms with Gasteiger partial charge in [-0.25, -0.2) is 0 Å². The number of carbonyl (C=O) groups excluding carboxylic acids is 1. The minimum atomic E-state index is -1.38. The molecule has 0 fully saturated rings. The van der Waals surface area contributed by atoms with Crippen LogP contribution in [0.1, 0.15) is 10.4 Å². The molecule has 2 rings (SSSR count). The highest BCUT2D eigenvalue weighted by Gasteiger charge is 2.12. The van der Waals surface area contributed by atoms with Crippen LogP contribution in [0.15, 0.2) is 53.4 Å². The van der Waals surface area contributed by atoms with Gasteiger partial charge in [0.05, 0.1) is 23.7 Å². The number of methoxy groups -OCH3 is 1. The molecule has 0 N–H and O–H groups in total. The largest absolute Gasteiger partial charge is 0.497 e. The molecular formula is C15H13ClO3S. The van der Waals surface area contributed by atoms with Crippen molar-refractivity contribution >= 4 is 28.2 Å². The summed E-state index contributed by atoms with van der Waals surface area (Å²) in [7, 11) is 0.185. The second-order valence-electron chi connectivity index (χ2n) is 4.10. The van der Waals surface area contributed by atoms with Crippen molar-refractivity contribution in [3.05, 3.63) is 59.1 Å². The number of benzene rings is 2. The van der Waals surface area contributed by atoms with Crippen LogP contribution in [0.2, 0.25) is 5.02 Å². The fourth-order valence-corrected chi connectivity index (χ4v) is 2.88. The fraction of sp³-hybridized carbons (Fsp3) is 0.133. The van der Waals surface area contributed by atoms with Crippen LogP contribution in [0.4, 0.5) is 0 Å². The van der Waals surface area contributed by atoms with Crippen LogP contribution in [0, 0.1) is 0 Å². The van der Waals surface area contributed by atoms with Crippen LogP contribution >= 0.6 is 11.6 Å². The van der Waals surface area contributed by atoms with E-state index in [4.69, 9.17) is 16.3 Å². The SMILES string of the molecule is COc1ccc(S(=O)CC(=O)c2cccc(Cl)c2)cc1. The van der Waals surface area contributed by atoms with Crippen molar-refractivity contribution in [2.45, 2.75) is 4.90 Å². The van der Waals surface area contributed by atoms with Gasteiger partial charge < -0.3 is 4.74 Å². The van der Waals surface area contributed by atoms with Gasteiger partial charge >= 0.3 is 0 Å². The Bertz CT molecular complexity index is 638. The lowest BCUT2D eigenvalue weighted by molar-refractivity contribution is 0.102. The zero-order valence-corrected chi connectivity index (χ0v) is 12.4. The van der Waals surface area contributed by atoms with Crippen molar-refractivity contribution in [3.8, 4) is 5.75 Å². The van der Waals surface area contributed by atoms with E-state index in [9.17, 15) is 9.00 Å². The van der Waals surface area contributed by atoms with Gasteiger partial charge in [-0.1, -0.05) is 23.7 Å². The van der Waals surface area contributed by atoms with Gasteiger partial charge in [0.15, 0.2) is 5.78 Å². The molecule has 5 heteroatoms. The van der Waals surface area contributed by atoms with Crippen molar-refractivity contribution < 1.29 is 13.7 Å². The zero-order chi connectivity index (χ0) is 14.5. The summed E-state index contributed by atoms with van der Waals surface area (Å²) in [6, 6.07) is 13.5. The Morgan fingerprint density at radius 1 is 1.20 bits per heavy atom. The quantitative estimate of drug-likeness (QED) is 0.796. The lowest BCUT2D eigenvalue weighted by Crippen LogP contribution is -2.11. The van der Waals surface area contributed by atoms with E-state index in [1.165, 1.54) is 0 Å². The van der Waals surface area contributed by atoms with E-state index in [2.05, 4.69) is 0 Å². The van der Waals surface area contributed by atoms with Crippen molar-refractivity contribution in [1.82, 2.24) is 0 Å². The second-order valence-corrected chi connectivity index (χ2v) is 5.99. The molecule has 0 spiro atoms. The van der Waals surface area contributed by atoms with Gasteiger partial charge in [-0.3, -0.25) is 9.00 Å². The average molecular weight is 309 g/mol. The summed E-state index contributed by atoms with van der Waals surface area (Å²) in [6.45, 7) is 0. The van der Waals surface area contributed by atoms with Crippen molar-refractivity contribution in [2.24, 2.45) is 0 Å². The Morgan fingerprint density at radius 3 is 2.50 bits per heavy atom. The normalized spacial score (nSPS) is 11.9. The number of rotatable bonds is 5. The van der Waals surface area contributed by atoms with E-state index in [1.54, 1.807) is 55.6 Å². The van der Waals surface area contributed by atoms with Gasteiger partial charge in [-0.05, 0) is 36.4 Å². The van der Waals surface area contributed by atoms with Gasteiger partial charge in [0.25, 0.3) is 0 Å². The summed E-state index contributed by atoms with van der Waals surface area (Å²) in [5.74, 6) is 0.431. The molecule has 20 heavy (non-hydrogen) atoms. The maximum absolute atomic E-state index is 12.1. The maximum atomic E-state index is 12.1. The minimum Gasteiger partial charge on any atom is -0.497 e. The van der Waals surface area contributed by atoms with Crippen molar-refractivity contribution in [2.75, 3.05) is 12.9 Å². The molecule has 0 heterocycles. The lowest BCUT2D eigenvalue weighted by Gasteiger charge is -2.04. The highest BCUT2D eigenvalue weighted by molar-refractivity contribution is 7.85. The van der Waals surface area contributed by atoms with E-state index in [0.29, 0.717) is 21.2 Å². The standard InChI is InChI=1S/C15H13ClO3S/c1-19-13-5-7-14(8-6-13)20(18)10-15(17)11-3-2-4-12(16)9-11/h2-9H,10H2,1H3. The predicted molar refractivity (Wildman–Crippen MR) is 80.1 cm³/mol. The first-order valence-corrected chi connectivity index (χ1v) is 7.61. The molecule has 0 bridgehead atoms. The first-order chi connectivity index (χ1) is 9.60. The van der Waals surface area contributed by atoms with Gasteiger partial charge in [0, 0.05) is 15.5 Å². The number of Topliss-reactive ketones (excluding diaryl/α,β-unsaturated/α-hetero) is 1. The number of carbonyl (C=O) groups is 1. The number of ketones is 1. The molecule has 0 aliphatic heterocycles. The third-order valence-electron chi connectivity index (χ3n) is 2.73. The van der Waals surface area contributed by atoms with Crippen LogP contribution in [-0.2, 0) is 10.8 Å². The molecule has 2 aromatic rings. The lowest BCUT2D eigenvalue weighted by atomic mass is 10.1. The van der Waals surface area contributed by atoms with Gasteiger partial charge in [-0.15, -0.1) is 0 Å². The highest BCUT2D eigenvalue weighted by atomic mass is 35.5. The summed E-state index contributed by atoms with van der Waals surface area (Å²) in [4.78, 5) is 12.6. The van der Waals surface area contributed by atoms with Crippen LogP contribution in [-0.4, -0.2) is 22.9 Å². The molecule has 2 aromatic carbocycles. The first-order valence-electron chi connectivity index (χ1n) is 5.91. The molecule has 0 amide bonds. The molecule has 1 atom stereocenters. The smallest absolute Gasteiger partial charge is 0.175 e. The maximum Gasteiger partial charge on any atom is 0.175 e.